The summed E-state index contributed by atoms with van der Waals surface area (Å²) in [6, 6.07) is 19.8. The highest BCUT2D eigenvalue weighted by molar-refractivity contribution is 7.16. The molecule has 1 atom stereocenters. The number of anilines is 1. The van der Waals surface area contributed by atoms with Crippen LogP contribution in [0.1, 0.15) is 39.3 Å². The fourth-order valence-corrected chi connectivity index (χ4v) is 4.96. The van der Waals surface area contributed by atoms with Crippen LogP contribution in [0.5, 0.6) is 5.75 Å². The molecule has 1 aromatic heterocycles. The van der Waals surface area contributed by atoms with Crippen LogP contribution in [-0.2, 0) is 11.2 Å². The van der Waals surface area contributed by atoms with Crippen molar-refractivity contribution in [3.05, 3.63) is 82.2 Å². The Labute approximate surface area is 187 Å². The molecule has 2 aromatic carbocycles. The predicted molar refractivity (Wildman–Crippen MR) is 125 cm³/mol. The molecule has 1 aliphatic rings. The quantitative estimate of drug-likeness (QED) is 0.567. The van der Waals surface area contributed by atoms with Gasteiger partial charge in [-0.2, -0.15) is 0 Å². The fraction of sp³-hybridized carbons (Fsp3) is 0.320. The molecule has 1 fully saturated rings. The number of thiophene rings is 1. The van der Waals surface area contributed by atoms with Gasteiger partial charge in [0, 0.05) is 29.1 Å². The Morgan fingerprint density at radius 2 is 1.90 bits per heavy atom. The first-order chi connectivity index (χ1) is 15.2. The van der Waals surface area contributed by atoms with E-state index in [0.29, 0.717) is 18.8 Å². The standard InChI is InChI=1S/C25H28N2O3S/c1-3-21-17-22(25(31-21)26-24(28)18-8-5-4-6-9-18)23(27-12-14-30-15-13-27)19-10-7-11-20(16-19)29-2/h4-11,16-17,23H,3,12-15H2,1-2H3,(H,26,28)/t23-/m1/s1. The number of amides is 1. The molecular weight excluding hydrogens is 408 g/mol. The second-order valence-corrected chi connectivity index (χ2v) is 8.64. The molecule has 1 amide bonds. The van der Waals surface area contributed by atoms with Gasteiger partial charge in [0.1, 0.15) is 10.8 Å². The Kier molecular flexibility index (Phi) is 7.02. The molecule has 3 aromatic rings. The average Bonchev–Trinajstić information content (AvgIpc) is 3.23. The molecular formula is C25H28N2O3S. The third-order valence-electron chi connectivity index (χ3n) is 5.54. The second-order valence-electron chi connectivity index (χ2n) is 7.50. The van der Waals surface area contributed by atoms with Gasteiger partial charge in [0.25, 0.3) is 5.91 Å². The summed E-state index contributed by atoms with van der Waals surface area (Å²) < 4.78 is 11.1. The summed E-state index contributed by atoms with van der Waals surface area (Å²) >= 11 is 1.66. The minimum Gasteiger partial charge on any atom is -0.497 e. The lowest BCUT2D eigenvalue weighted by Crippen LogP contribution is -2.39. The van der Waals surface area contributed by atoms with Crippen molar-refractivity contribution in [2.24, 2.45) is 0 Å². The number of carbonyl (C=O) groups is 1. The number of carbonyl (C=O) groups excluding carboxylic acids is 1. The number of aryl methyl sites for hydroxylation is 1. The van der Waals surface area contributed by atoms with Crippen LogP contribution in [0.4, 0.5) is 5.00 Å². The number of hydrogen-bond donors (Lipinski definition) is 1. The van der Waals surface area contributed by atoms with Gasteiger partial charge in [-0.25, -0.2) is 0 Å². The number of benzene rings is 2. The zero-order valence-electron chi connectivity index (χ0n) is 18.0. The molecule has 5 nitrogen and oxygen atoms in total. The molecule has 0 bridgehead atoms. The van der Waals surface area contributed by atoms with E-state index in [4.69, 9.17) is 9.47 Å². The molecule has 0 spiro atoms. The van der Waals surface area contributed by atoms with E-state index in [1.807, 2.05) is 42.5 Å². The number of nitrogens with zero attached hydrogens (tertiary/aromatic N) is 1. The maximum absolute atomic E-state index is 12.9. The lowest BCUT2D eigenvalue weighted by atomic mass is 9.97. The summed E-state index contributed by atoms with van der Waals surface area (Å²) in [7, 11) is 1.69. The molecule has 4 rings (SSSR count). The van der Waals surface area contributed by atoms with Gasteiger partial charge in [-0.3, -0.25) is 9.69 Å². The summed E-state index contributed by atoms with van der Waals surface area (Å²) in [6.07, 6.45) is 0.923. The number of rotatable bonds is 7. The van der Waals surface area contributed by atoms with Crippen LogP contribution in [0.25, 0.3) is 0 Å². The third-order valence-corrected chi connectivity index (χ3v) is 6.75. The van der Waals surface area contributed by atoms with Gasteiger partial charge in [-0.15, -0.1) is 11.3 Å². The summed E-state index contributed by atoms with van der Waals surface area (Å²) in [4.78, 5) is 16.6. The first-order valence-electron chi connectivity index (χ1n) is 10.6. The van der Waals surface area contributed by atoms with Gasteiger partial charge in [-0.1, -0.05) is 37.3 Å². The van der Waals surface area contributed by atoms with Gasteiger partial charge >= 0.3 is 0 Å². The number of methoxy groups -OCH3 is 1. The molecule has 1 N–H and O–H groups in total. The van der Waals surface area contributed by atoms with E-state index in [-0.39, 0.29) is 11.9 Å². The van der Waals surface area contributed by atoms with E-state index in [2.05, 4.69) is 35.3 Å². The van der Waals surface area contributed by atoms with Crippen LogP contribution in [0.15, 0.2) is 60.7 Å². The summed E-state index contributed by atoms with van der Waals surface area (Å²) in [5.41, 5.74) is 2.93. The smallest absolute Gasteiger partial charge is 0.256 e. The van der Waals surface area contributed by atoms with E-state index in [1.54, 1.807) is 18.4 Å². The highest BCUT2D eigenvalue weighted by atomic mass is 32.1. The van der Waals surface area contributed by atoms with Crippen molar-refractivity contribution in [1.82, 2.24) is 4.90 Å². The maximum atomic E-state index is 12.9. The van der Waals surface area contributed by atoms with Crippen LogP contribution in [0.2, 0.25) is 0 Å². The largest absolute Gasteiger partial charge is 0.497 e. The zero-order chi connectivity index (χ0) is 21.6. The van der Waals surface area contributed by atoms with E-state index in [9.17, 15) is 4.79 Å². The SMILES string of the molecule is CCc1cc([C@@H](c2cccc(OC)c2)N2CCOCC2)c(NC(=O)c2ccccc2)s1. The lowest BCUT2D eigenvalue weighted by Gasteiger charge is -2.35. The predicted octanol–water partition coefficient (Wildman–Crippen LogP) is 4.99. The monoisotopic (exact) mass is 436 g/mol. The normalized spacial score (nSPS) is 15.4. The molecule has 0 radical (unpaired) electrons. The van der Waals surface area contributed by atoms with E-state index < -0.39 is 0 Å². The lowest BCUT2D eigenvalue weighted by molar-refractivity contribution is 0.0241. The molecule has 0 unspecified atom stereocenters. The molecule has 2 heterocycles. The number of ether oxygens (including phenoxy) is 2. The van der Waals surface area contributed by atoms with Crippen LogP contribution >= 0.6 is 11.3 Å². The van der Waals surface area contributed by atoms with Crippen LogP contribution in [-0.4, -0.2) is 44.2 Å². The fourth-order valence-electron chi connectivity index (χ4n) is 3.93. The van der Waals surface area contributed by atoms with Crippen molar-refractivity contribution in [2.45, 2.75) is 19.4 Å². The van der Waals surface area contributed by atoms with E-state index >= 15 is 0 Å². The minimum absolute atomic E-state index is 0.0154. The van der Waals surface area contributed by atoms with Gasteiger partial charge in [0.2, 0.25) is 0 Å². The second kappa shape index (κ2) is 10.1. The van der Waals surface area contributed by atoms with E-state index in [1.165, 1.54) is 4.88 Å². The van der Waals surface area contributed by atoms with Gasteiger partial charge in [0.15, 0.2) is 0 Å². The first-order valence-corrected chi connectivity index (χ1v) is 11.5. The van der Waals surface area contributed by atoms with Gasteiger partial charge < -0.3 is 14.8 Å². The van der Waals surface area contributed by atoms with Crippen molar-refractivity contribution in [3.63, 3.8) is 0 Å². The molecule has 6 heteroatoms. The molecule has 0 saturated carbocycles. The third kappa shape index (κ3) is 4.98. The van der Waals surface area contributed by atoms with Crippen molar-refractivity contribution in [2.75, 3.05) is 38.7 Å². The van der Waals surface area contributed by atoms with Gasteiger partial charge in [0.05, 0.1) is 26.4 Å². The van der Waals surface area contributed by atoms with Crippen LogP contribution < -0.4 is 10.1 Å². The number of hydrogen-bond acceptors (Lipinski definition) is 5. The first kappa shape index (κ1) is 21.6. The molecule has 0 aliphatic carbocycles. The van der Waals surface area contributed by atoms with Crippen molar-refractivity contribution in [3.8, 4) is 5.75 Å². The van der Waals surface area contributed by atoms with Crippen molar-refractivity contribution >= 4 is 22.2 Å². The van der Waals surface area contributed by atoms with E-state index in [0.717, 1.165) is 41.4 Å². The summed E-state index contributed by atoms with van der Waals surface area (Å²) in [5, 5.41) is 4.10. The summed E-state index contributed by atoms with van der Waals surface area (Å²) in [5.74, 6) is 0.745. The average molecular weight is 437 g/mol. The Balaban J connectivity index is 1.75. The Morgan fingerprint density at radius 3 is 2.61 bits per heavy atom. The van der Waals surface area contributed by atoms with Crippen molar-refractivity contribution in [1.29, 1.82) is 0 Å². The zero-order valence-corrected chi connectivity index (χ0v) is 18.8. The van der Waals surface area contributed by atoms with Crippen LogP contribution in [0.3, 0.4) is 0 Å². The molecule has 31 heavy (non-hydrogen) atoms. The van der Waals surface area contributed by atoms with Crippen LogP contribution in [0, 0.1) is 0 Å². The maximum Gasteiger partial charge on any atom is 0.256 e. The highest BCUT2D eigenvalue weighted by Crippen LogP contribution is 2.40. The Hall–Kier alpha value is -2.67. The highest BCUT2D eigenvalue weighted by Gasteiger charge is 2.29. The Bertz CT molecular complexity index is 1010. The van der Waals surface area contributed by atoms with Crippen molar-refractivity contribution < 1.29 is 14.3 Å². The van der Waals surface area contributed by atoms with Gasteiger partial charge in [-0.05, 0) is 42.3 Å². The topological polar surface area (TPSA) is 50.8 Å². The molecule has 1 aliphatic heterocycles. The molecule has 1 saturated heterocycles. The minimum atomic E-state index is -0.0854. The Morgan fingerprint density at radius 1 is 1.13 bits per heavy atom. The summed E-state index contributed by atoms with van der Waals surface area (Å²) in [6.45, 7) is 5.23. The number of nitrogens with one attached hydrogen (secondary N) is 1. The molecule has 162 valence electrons. The number of morpholine rings is 1.